The van der Waals surface area contributed by atoms with Crippen molar-refractivity contribution in [3.8, 4) is 0 Å². The fourth-order valence-corrected chi connectivity index (χ4v) is 1.31. The molecule has 0 atom stereocenters. The van der Waals surface area contributed by atoms with Gasteiger partial charge >= 0.3 is 0 Å². The minimum absolute atomic E-state index is 0.508. The highest BCUT2D eigenvalue weighted by Crippen LogP contribution is 2.25. The Morgan fingerprint density at radius 1 is 1.64 bits per heavy atom. The Kier molecular flexibility index (Phi) is 2.45. The van der Waals surface area contributed by atoms with Gasteiger partial charge in [0.1, 0.15) is 5.94 Å². The normalized spacial score (nSPS) is 15.9. The van der Waals surface area contributed by atoms with Crippen LogP contribution in [-0.2, 0) is 4.79 Å². The molecule has 1 aliphatic carbocycles. The summed E-state index contributed by atoms with van der Waals surface area (Å²) in [5.41, 5.74) is 2.39. The first-order valence-corrected chi connectivity index (χ1v) is 3.86. The van der Waals surface area contributed by atoms with E-state index >= 15 is 0 Å². The van der Waals surface area contributed by atoms with Gasteiger partial charge in [-0.1, -0.05) is 26.0 Å². The number of allylic oxidation sites excluding steroid dienone is 5. The Morgan fingerprint density at radius 2 is 2.36 bits per heavy atom. The quantitative estimate of drug-likeness (QED) is 0.549. The Hall–Kier alpha value is -1.07. The van der Waals surface area contributed by atoms with Crippen molar-refractivity contribution in [2.24, 2.45) is 5.92 Å². The molecular weight excluding hydrogens is 136 g/mol. The molecule has 0 aromatic heterocycles. The Morgan fingerprint density at radius 3 is 2.91 bits per heavy atom. The lowest BCUT2D eigenvalue weighted by Crippen LogP contribution is -1.91. The van der Waals surface area contributed by atoms with E-state index in [2.05, 4.69) is 26.0 Å². The zero-order valence-electron chi connectivity index (χ0n) is 6.92. The highest BCUT2D eigenvalue weighted by atomic mass is 16.1. The smallest absolute Gasteiger partial charge is 0.124 e. The molecular formula is C10H12O. The van der Waals surface area contributed by atoms with Crippen molar-refractivity contribution in [1.29, 1.82) is 0 Å². The fourth-order valence-electron chi connectivity index (χ4n) is 1.31. The van der Waals surface area contributed by atoms with Crippen LogP contribution in [0.15, 0.2) is 29.4 Å². The molecule has 0 bridgehead atoms. The molecule has 1 heteroatoms. The Labute approximate surface area is 67.1 Å². The van der Waals surface area contributed by atoms with Crippen molar-refractivity contribution in [3.05, 3.63) is 29.4 Å². The molecule has 0 fully saturated rings. The van der Waals surface area contributed by atoms with Crippen LogP contribution in [0.5, 0.6) is 0 Å². The molecule has 0 aromatic carbocycles. The Balaban J connectivity index is 2.92. The number of hydrogen-bond acceptors (Lipinski definition) is 1. The molecule has 0 aromatic rings. The van der Waals surface area contributed by atoms with E-state index < -0.39 is 0 Å². The van der Waals surface area contributed by atoms with Crippen LogP contribution >= 0.6 is 0 Å². The third kappa shape index (κ3) is 1.69. The standard InChI is InChI=1S/C10H12O/c1-8(2)10-5-3-4-9(10)6-7-11/h3,5-6,8H,4H2,1-2H3. The molecule has 58 valence electrons. The van der Waals surface area contributed by atoms with E-state index in [1.165, 1.54) is 11.6 Å². The summed E-state index contributed by atoms with van der Waals surface area (Å²) < 4.78 is 0. The van der Waals surface area contributed by atoms with Crippen LogP contribution in [0.4, 0.5) is 0 Å². The summed E-state index contributed by atoms with van der Waals surface area (Å²) in [6.45, 7) is 4.26. The molecule has 1 nitrogen and oxygen atoms in total. The van der Waals surface area contributed by atoms with Gasteiger partial charge in [-0.3, -0.25) is 0 Å². The molecule has 0 spiro atoms. The van der Waals surface area contributed by atoms with Crippen LogP contribution in [0.2, 0.25) is 0 Å². The van der Waals surface area contributed by atoms with Crippen LogP contribution in [-0.4, -0.2) is 5.94 Å². The highest BCUT2D eigenvalue weighted by molar-refractivity contribution is 5.56. The second-order valence-electron chi connectivity index (χ2n) is 3.00. The van der Waals surface area contributed by atoms with Crippen molar-refractivity contribution >= 4 is 5.94 Å². The van der Waals surface area contributed by atoms with E-state index in [0.717, 1.165) is 12.0 Å². The first kappa shape index (κ1) is 8.03. The number of hydrogen-bond donors (Lipinski definition) is 0. The van der Waals surface area contributed by atoms with E-state index in [9.17, 15) is 4.79 Å². The van der Waals surface area contributed by atoms with Crippen molar-refractivity contribution in [1.82, 2.24) is 0 Å². The van der Waals surface area contributed by atoms with Gasteiger partial charge in [0.15, 0.2) is 0 Å². The molecule has 0 N–H and O–H groups in total. The molecule has 0 saturated carbocycles. The van der Waals surface area contributed by atoms with Crippen molar-refractivity contribution in [3.63, 3.8) is 0 Å². The largest absolute Gasteiger partial charge is 0.233 e. The maximum absolute atomic E-state index is 10.1. The Bertz CT molecular complexity index is 250. The third-order valence-electron chi connectivity index (χ3n) is 1.86. The van der Waals surface area contributed by atoms with Gasteiger partial charge in [0.05, 0.1) is 0 Å². The fraction of sp³-hybridized carbons (Fsp3) is 0.400. The predicted molar refractivity (Wildman–Crippen MR) is 45.9 cm³/mol. The molecule has 0 amide bonds. The molecule has 0 saturated heterocycles. The van der Waals surface area contributed by atoms with Crippen LogP contribution < -0.4 is 0 Å². The average molecular weight is 148 g/mol. The van der Waals surface area contributed by atoms with Gasteiger partial charge in [-0.15, -0.1) is 0 Å². The lowest BCUT2D eigenvalue weighted by molar-refractivity contribution is 0.568. The molecule has 0 heterocycles. The van der Waals surface area contributed by atoms with Crippen LogP contribution in [0.3, 0.4) is 0 Å². The van der Waals surface area contributed by atoms with Crippen LogP contribution in [0.1, 0.15) is 20.3 Å². The zero-order valence-corrected chi connectivity index (χ0v) is 6.92. The molecule has 0 aliphatic heterocycles. The maximum Gasteiger partial charge on any atom is 0.124 e. The van der Waals surface area contributed by atoms with Crippen molar-refractivity contribution in [2.45, 2.75) is 20.3 Å². The second kappa shape index (κ2) is 3.36. The third-order valence-corrected chi connectivity index (χ3v) is 1.86. The predicted octanol–water partition coefficient (Wildman–Crippen LogP) is 2.29. The van der Waals surface area contributed by atoms with Gasteiger partial charge in [0, 0.05) is 6.08 Å². The molecule has 11 heavy (non-hydrogen) atoms. The van der Waals surface area contributed by atoms with Crippen LogP contribution in [0.25, 0.3) is 0 Å². The number of carbonyl (C=O) groups excluding carboxylic acids is 1. The SMILES string of the molecule is CC(C)C1=C(C=C=O)CC=C1. The van der Waals surface area contributed by atoms with Gasteiger partial charge < -0.3 is 0 Å². The summed E-state index contributed by atoms with van der Waals surface area (Å²) in [4.78, 5) is 10.1. The first-order valence-electron chi connectivity index (χ1n) is 3.86. The van der Waals surface area contributed by atoms with Crippen molar-refractivity contribution in [2.75, 3.05) is 0 Å². The average Bonchev–Trinajstić information content (AvgIpc) is 2.36. The topological polar surface area (TPSA) is 17.1 Å². The maximum atomic E-state index is 10.1. The van der Waals surface area contributed by atoms with Crippen LogP contribution in [0, 0.1) is 5.92 Å². The molecule has 0 unspecified atom stereocenters. The van der Waals surface area contributed by atoms with Gasteiger partial charge in [-0.05, 0) is 23.5 Å². The van der Waals surface area contributed by atoms with Crippen molar-refractivity contribution < 1.29 is 4.79 Å². The summed E-state index contributed by atoms with van der Waals surface area (Å²) in [6, 6.07) is 0. The summed E-state index contributed by atoms with van der Waals surface area (Å²) in [5, 5.41) is 0. The van der Waals surface area contributed by atoms with Gasteiger partial charge in [0.2, 0.25) is 0 Å². The lowest BCUT2D eigenvalue weighted by Gasteiger charge is -2.04. The molecule has 0 radical (unpaired) electrons. The summed E-state index contributed by atoms with van der Waals surface area (Å²) in [6.07, 6.45) is 6.60. The van der Waals surface area contributed by atoms with E-state index in [1.54, 1.807) is 0 Å². The van der Waals surface area contributed by atoms with E-state index in [1.807, 2.05) is 5.94 Å². The van der Waals surface area contributed by atoms with E-state index in [4.69, 9.17) is 0 Å². The molecule has 1 rings (SSSR count). The van der Waals surface area contributed by atoms with Gasteiger partial charge in [-0.25, -0.2) is 4.79 Å². The monoisotopic (exact) mass is 148 g/mol. The van der Waals surface area contributed by atoms with E-state index in [0.29, 0.717) is 5.92 Å². The second-order valence-corrected chi connectivity index (χ2v) is 3.00. The van der Waals surface area contributed by atoms with Gasteiger partial charge in [0.25, 0.3) is 0 Å². The minimum atomic E-state index is 0.508. The first-order chi connectivity index (χ1) is 5.25. The summed E-state index contributed by atoms with van der Waals surface area (Å²) in [5.74, 6) is 2.33. The zero-order chi connectivity index (χ0) is 8.27. The lowest BCUT2D eigenvalue weighted by atomic mass is 10.0. The highest BCUT2D eigenvalue weighted by Gasteiger charge is 2.09. The summed E-state index contributed by atoms with van der Waals surface area (Å²) in [7, 11) is 0. The molecule has 1 aliphatic rings. The summed E-state index contributed by atoms with van der Waals surface area (Å²) >= 11 is 0. The number of rotatable bonds is 2. The minimum Gasteiger partial charge on any atom is -0.233 e. The van der Waals surface area contributed by atoms with Gasteiger partial charge in [-0.2, -0.15) is 0 Å². The van der Waals surface area contributed by atoms with E-state index in [-0.39, 0.29) is 0 Å².